The number of esters is 1. The van der Waals surface area contributed by atoms with Gasteiger partial charge in [0.2, 0.25) is 0 Å². The lowest BCUT2D eigenvalue weighted by atomic mass is 9.95. The first-order chi connectivity index (χ1) is 12.0. The van der Waals surface area contributed by atoms with Crippen LogP contribution in [0.2, 0.25) is 0 Å². The number of benzene rings is 1. The highest BCUT2D eigenvalue weighted by Crippen LogP contribution is 2.36. The van der Waals surface area contributed by atoms with Crippen LogP contribution in [0.4, 0.5) is 4.39 Å². The molecule has 0 amide bonds. The fourth-order valence-corrected chi connectivity index (χ4v) is 3.20. The minimum atomic E-state index is -0.638. The van der Waals surface area contributed by atoms with Gasteiger partial charge in [0.05, 0.1) is 12.7 Å². The van der Waals surface area contributed by atoms with E-state index in [1.54, 1.807) is 19.2 Å². The molecule has 1 aromatic heterocycles. The van der Waals surface area contributed by atoms with Crippen molar-refractivity contribution in [2.75, 3.05) is 7.11 Å². The summed E-state index contributed by atoms with van der Waals surface area (Å²) in [7, 11) is 1.32. The van der Waals surface area contributed by atoms with E-state index in [1.807, 2.05) is 18.2 Å². The molecular weight excluding hydrogens is 389 g/mol. The van der Waals surface area contributed by atoms with Gasteiger partial charge in [0.15, 0.2) is 5.84 Å². The second-order valence-electron chi connectivity index (χ2n) is 5.42. The minimum absolute atomic E-state index is 0.370. The van der Waals surface area contributed by atoms with Crippen molar-refractivity contribution in [3.05, 3.63) is 75.4 Å². The Morgan fingerprint density at radius 2 is 2.12 bits per heavy atom. The first kappa shape index (κ1) is 17.3. The Morgan fingerprint density at radius 1 is 1.32 bits per heavy atom. The lowest BCUT2D eigenvalue weighted by molar-refractivity contribution is -0.136. The molecule has 1 unspecified atom stereocenters. The number of pyridine rings is 1. The molecular formula is C18H15BrFN3O2. The van der Waals surface area contributed by atoms with Crippen LogP contribution in [0, 0.1) is 5.82 Å². The molecule has 0 bridgehead atoms. The van der Waals surface area contributed by atoms with Crippen molar-refractivity contribution in [1.29, 1.82) is 0 Å². The van der Waals surface area contributed by atoms with E-state index in [-0.39, 0.29) is 5.82 Å². The van der Waals surface area contributed by atoms with Crippen LogP contribution in [0.5, 0.6) is 0 Å². The Balaban J connectivity index is 2.14. The SMILES string of the molecule is COC(=O)C1=C(C)NC(c2ccccn2)=NC1c1ccc(F)cc1Br. The van der Waals surface area contributed by atoms with Crippen molar-refractivity contribution in [2.45, 2.75) is 13.0 Å². The number of nitrogens with one attached hydrogen (secondary N) is 1. The van der Waals surface area contributed by atoms with Gasteiger partial charge in [0, 0.05) is 16.4 Å². The summed E-state index contributed by atoms with van der Waals surface area (Å²) in [4.78, 5) is 21.2. The number of carbonyl (C=O) groups excluding carboxylic acids is 1. The molecule has 0 fully saturated rings. The number of nitrogens with zero attached hydrogens (tertiary/aromatic N) is 2. The van der Waals surface area contributed by atoms with Crippen LogP contribution in [-0.2, 0) is 9.53 Å². The van der Waals surface area contributed by atoms with Crippen LogP contribution >= 0.6 is 15.9 Å². The Labute approximate surface area is 152 Å². The van der Waals surface area contributed by atoms with Crippen molar-refractivity contribution in [3.8, 4) is 0 Å². The molecule has 2 aromatic rings. The molecule has 0 aliphatic carbocycles. The van der Waals surface area contributed by atoms with E-state index in [9.17, 15) is 9.18 Å². The maximum atomic E-state index is 13.5. The molecule has 0 spiro atoms. The molecule has 0 radical (unpaired) electrons. The zero-order chi connectivity index (χ0) is 18.0. The third kappa shape index (κ3) is 3.46. The first-order valence-corrected chi connectivity index (χ1v) is 8.31. The van der Waals surface area contributed by atoms with E-state index >= 15 is 0 Å². The number of aliphatic imine (C=N–C) groups is 1. The first-order valence-electron chi connectivity index (χ1n) is 7.51. The van der Waals surface area contributed by atoms with E-state index < -0.39 is 12.0 Å². The van der Waals surface area contributed by atoms with Gasteiger partial charge < -0.3 is 10.1 Å². The normalized spacial score (nSPS) is 17.0. The van der Waals surface area contributed by atoms with Gasteiger partial charge in [-0.3, -0.25) is 9.98 Å². The van der Waals surface area contributed by atoms with Crippen molar-refractivity contribution >= 4 is 27.7 Å². The molecule has 0 saturated carbocycles. The summed E-state index contributed by atoms with van der Waals surface area (Å²) in [6.07, 6.45) is 1.66. The van der Waals surface area contributed by atoms with Crippen LogP contribution in [0.25, 0.3) is 0 Å². The molecule has 0 saturated heterocycles. The maximum Gasteiger partial charge on any atom is 0.338 e. The highest BCUT2D eigenvalue weighted by Gasteiger charge is 2.31. The number of hydrogen-bond donors (Lipinski definition) is 1. The molecule has 128 valence electrons. The van der Waals surface area contributed by atoms with E-state index in [0.29, 0.717) is 32.8 Å². The molecule has 2 heterocycles. The monoisotopic (exact) mass is 403 g/mol. The van der Waals surface area contributed by atoms with Gasteiger partial charge in [-0.1, -0.05) is 28.1 Å². The number of carbonyl (C=O) groups is 1. The molecule has 3 rings (SSSR count). The molecule has 1 aliphatic rings. The number of hydrogen-bond acceptors (Lipinski definition) is 5. The number of aromatic nitrogens is 1. The van der Waals surface area contributed by atoms with Crippen LogP contribution in [-0.4, -0.2) is 23.9 Å². The van der Waals surface area contributed by atoms with Gasteiger partial charge in [-0.2, -0.15) is 0 Å². The lowest BCUT2D eigenvalue weighted by Crippen LogP contribution is -2.33. The third-order valence-corrected chi connectivity index (χ3v) is 4.50. The van der Waals surface area contributed by atoms with Crippen LogP contribution in [0.1, 0.15) is 24.2 Å². The number of allylic oxidation sites excluding steroid dienone is 1. The Kier molecular flexibility index (Phi) is 4.94. The van der Waals surface area contributed by atoms with Crippen LogP contribution in [0.15, 0.2) is 63.3 Å². The van der Waals surface area contributed by atoms with Crippen molar-refractivity contribution in [2.24, 2.45) is 4.99 Å². The lowest BCUT2D eigenvalue weighted by Gasteiger charge is -2.26. The van der Waals surface area contributed by atoms with Gasteiger partial charge >= 0.3 is 5.97 Å². The summed E-state index contributed by atoms with van der Waals surface area (Å²) in [5, 5.41) is 3.11. The van der Waals surface area contributed by atoms with E-state index in [2.05, 4.69) is 31.2 Å². The molecule has 1 atom stereocenters. The fourth-order valence-electron chi connectivity index (χ4n) is 2.63. The molecule has 25 heavy (non-hydrogen) atoms. The second kappa shape index (κ2) is 7.14. The average molecular weight is 404 g/mol. The number of rotatable bonds is 3. The van der Waals surface area contributed by atoms with Gasteiger partial charge in [-0.25, -0.2) is 9.18 Å². The van der Waals surface area contributed by atoms with Crippen molar-refractivity contribution < 1.29 is 13.9 Å². The number of halogens is 2. The van der Waals surface area contributed by atoms with Crippen LogP contribution in [0.3, 0.4) is 0 Å². The average Bonchev–Trinajstić information content (AvgIpc) is 2.61. The van der Waals surface area contributed by atoms with E-state index in [0.717, 1.165) is 0 Å². The van der Waals surface area contributed by atoms with Crippen molar-refractivity contribution in [1.82, 2.24) is 10.3 Å². The molecule has 1 aliphatic heterocycles. The maximum absolute atomic E-state index is 13.5. The predicted octanol–water partition coefficient (Wildman–Crippen LogP) is 3.52. The summed E-state index contributed by atoms with van der Waals surface area (Å²) in [6.45, 7) is 1.77. The highest BCUT2D eigenvalue weighted by molar-refractivity contribution is 9.10. The Hall–Kier alpha value is -2.54. The van der Waals surface area contributed by atoms with Gasteiger partial charge in [-0.05, 0) is 36.8 Å². The largest absolute Gasteiger partial charge is 0.466 e. The van der Waals surface area contributed by atoms with E-state index in [1.165, 1.54) is 19.2 Å². The molecule has 1 aromatic carbocycles. The zero-order valence-electron chi connectivity index (χ0n) is 13.6. The standard InChI is InChI=1S/C18H15BrFN3O2/c1-10-15(18(24)25-2)16(12-7-6-11(20)9-13(12)19)23-17(22-10)14-5-3-4-8-21-14/h3-9,16H,1-2H3,(H,22,23). The third-order valence-electron chi connectivity index (χ3n) is 3.81. The quantitative estimate of drug-likeness (QED) is 0.796. The summed E-state index contributed by atoms with van der Waals surface area (Å²) >= 11 is 3.36. The fraction of sp³-hybridized carbons (Fsp3) is 0.167. The Bertz CT molecular complexity index is 881. The summed E-state index contributed by atoms with van der Waals surface area (Å²) < 4.78 is 18.9. The zero-order valence-corrected chi connectivity index (χ0v) is 15.2. The Morgan fingerprint density at radius 3 is 2.76 bits per heavy atom. The summed E-state index contributed by atoms with van der Waals surface area (Å²) in [5.41, 5.74) is 2.29. The topological polar surface area (TPSA) is 63.6 Å². The van der Waals surface area contributed by atoms with Crippen molar-refractivity contribution in [3.63, 3.8) is 0 Å². The highest BCUT2D eigenvalue weighted by atomic mass is 79.9. The van der Waals surface area contributed by atoms with Gasteiger partial charge in [0.25, 0.3) is 0 Å². The predicted molar refractivity (Wildman–Crippen MR) is 95.5 cm³/mol. The second-order valence-corrected chi connectivity index (χ2v) is 6.27. The molecule has 1 N–H and O–H groups in total. The number of amidine groups is 1. The summed E-state index contributed by atoms with van der Waals surface area (Å²) in [5.74, 6) is -0.333. The minimum Gasteiger partial charge on any atom is -0.466 e. The van der Waals surface area contributed by atoms with Gasteiger partial charge in [0.1, 0.15) is 17.6 Å². The number of ether oxygens (including phenoxy) is 1. The van der Waals surface area contributed by atoms with Crippen LogP contribution < -0.4 is 5.32 Å². The molecule has 7 heteroatoms. The summed E-state index contributed by atoms with van der Waals surface area (Å²) in [6, 6.07) is 9.12. The van der Waals surface area contributed by atoms with E-state index in [4.69, 9.17) is 4.74 Å². The number of methoxy groups -OCH3 is 1. The smallest absolute Gasteiger partial charge is 0.338 e. The van der Waals surface area contributed by atoms with Gasteiger partial charge in [-0.15, -0.1) is 0 Å². The molecule has 5 nitrogen and oxygen atoms in total.